The number of β-amino-alcohol motifs (C(OH)–C–C–N with tert-alkyl or cyclic N) is 2. The van der Waals surface area contributed by atoms with E-state index >= 15 is 0 Å². The summed E-state index contributed by atoms with van der Waals surface area (Å²) in [7, 11) is 0. The second-order valence-electron chi connectivity index (χ2n) is 10.9. The van der Waals surface area contributed by atoms with Crippen LogP contribution in [0.3, 0.4) is 0 Å². The monoisotopic (exact) mass is 585 g/mol. The molecule has 1 atom stereocenters. The third-order valence-corrected chi connectivity index (χ3v) is 8.17. The van der Waals surface area contributed by atoms with Gasteiger partial charge in [-0.05, 0) is 66.6 Å². The number of likely N-dealkylation sites (tertiary alicyclic amines) is 2. The van der Waals surface area contributed by atoms with Crippen molar-refractivity contribution in [2.45, 2.75) is 37.8 Å². The van der Waals surface area contributed by atoms with E-state index in [9.17, 15) is 33.0 Å². The van der Waals surface area contributed by atoms with Crippen LogP contribution in [0.5, 0.6) is 0 Å². The fourth-order valence-corrected chi connectivity index (χ4v) is 6.04. The van der Waals surface area contributed by atoms with Gasteiger partial charge in [0.05, 0.1) is 34.2 Å². The Morgan fingerprint density at radius 1 is 1.22 bits per heavy atom. The molecule has 2 fully saturated rings. The van der Waals surface area contributed by atoms with E-state index in [2.05, 4.69) is 10.1 Å². The highest BCUT2D eigenvalue weighted by atomic mass is 32.2. The van der Waals surface area contributed by atoms with E-state index in [0.717, 1.165) is 23.4 Å². The smallest absolute Gasteiger partial charge is 0.389 e. The minimum Gasteiger partial charge on any atom is -0.389 e. The number of hydrogen-bond acceptors (Lipinski definition) is 7. The number of benzene rings is 2. The molecule has 0 radical (unpaired) electrons. The standard InChI is InChI=1S/C28H26F3N5O4S/c1-27(40)6-7-34(15-27)24-23(41-26(39)32-24)9-16-2-5-22-19(8-16)12-36(33-22)11-18-4-3-17(10-21(18)28(29,30)31)25(38)35-13-20(37)14-35/h2-5,8-10,12,20,37,40H,6-7,11,13-15H2,1H3/b23-9-. The van der Waals surface area contributed by atoms with Gasteiger partial charge in [0, 0.05) is 43.3 Å². The molecule has 0 bridgehead atoms. The van der Waals surface area contributed by atoms with Gasteiger partial charge in [-0.3, -0.25) is 14.3 Å². The van der Waals surface area contributed by atoms with Gasteiger partial charge in [-0.1, -0.05) is 12.1 Å². The van der Waals surface area contributed by atoms with Crippen molar-refractivity contribution >= 4 is 45.7 Å². The summed E-state index contributed by atoms with van der Waals surface area (Å²) in [5.41, 5.74) is -0.524. The SMILES string of the molecule is CC1(O)CCN(C2=NC(=O)S/C2=C\c2ccc3nn(Cc4ccc(C(=O)N5CC(O)C5)cc4C(F)(F)F)cc3c2)C1. The van der Waals surface area contributed by atoms with Crippen LogP contribution in [0, 0.1) is 0 Å². The number of carbonyl (C=O) groups is 2. The molecule has 214 valence electrons. The number of carbonyl (C=O) groups excluding carboxylic acids is 2. The van der Waals surface area contributed by atoms with Crippen molar-refractivity contribution in [1.82, 2.24) is 19.6 Å². The van der Waals surface area contributed by atoms with E-state index in [1.54, 1.807) is 19.2 Å². The highest BCUT2D eigenvalue weighted by Crippen LogP contribution is 2.35. The number of alkyl halides is 3. The number of amides is 2. The van der Waals surface area contributed by atoms with Gasteiger partial charge in [-0.2, -0.15) is 23.3 Å². The number of rotatable bonds is 4. The molecule has 2 saturated heterocycles. The van der Waals surface area contributed by atoms with Gasteiger partial charge in [-0.25, -0.2) is 0 Å². The van der Waals surface area contributed by atoms with E-state index in [0.29, 0.717) is 41.2 Å². The highest BCUT2D eigenvalue weighted by molar-refractivity contribution is 8.18. The predicted molar refractivity (Wildman–Crippen MR) is 147 cm³/mol. The van der Waals surface area contributed by atoms with Crippen molar-refractivity contribution in [3.63, 3.8) is 0 Å². The molecule has 3 aliphatic heterocycles. The number of aliphatic imine (C=N–C) groups is 1. The molecule has 0 spiro atoms. The number of fused-ring (bicyclic) bond motifs is 1. The minimum absolute atomic E-state index is 0.0314. The summed E-state index contributed by atoms with van der Waals surface area (Å²) >= 11 is 1.01. The van der Waals surface area contributed by atoms with Crippen LogP contribution >= 0.6 is 11.8 Å². The normalized spacial score (nSPS) is 22.6. The van der Waals surface area contributed by atoms with Crippen molar-refractivity contribution in [2.75, 3.05) is 26.2 Å². The number of nitrogens with zero attached hydrogens (tertiary/aromatic N) is 5. The van der Waals surface area contributed by atoms with Crippen LogP contribution in [0.2, 0.25) is 0 Å². The third-order valence-electron chi connectivity index (χ3n) is 7.38. The number of aliphatic hydroxyl groups is 2. The van der Waals surface area contributed by atoms with Gasteiger partial charge in [-0.15, -0.1) is 0 Å². The number of hydrogen-bond donors (Lipinski definition) is 2. The Labute approximate surface area is 236 Å². The van der Waals surface area contributed by atoms with Crippen LogP contribution in [0.4, 0.5) is 18.0 Å². The number of thioether (sulfide) groups is 1. The highest BCUT2D eigenvalue weighted by Gasteiger charge is 2.37. The van der Waals surface area contributed by atoms with Gasteiger partial charge >= 0.3 is 11.4 Å². The van der Waals surface area contributed by atoms with Crippen LogP contribution in [0.15, 0.2) is 52.5 Å². The summed E-state index contributed by atoms with van der Waals surface area (Å²) in [6.07, 6.45) is -1.28. The number of halogens is 3. The van der Waals surface area contributed by atoms with Gasteiger partial charge in [0.15, 0.2) is 0 Å². The molecule has 13 heteroatoms. The number of amidine groups is 1. The zero-order chi connectivity index (χ0) is 29.1. The van der Waals surface area contributed by atoms with Gasteiger partial charge in [0.25, 0.3) is 5.91 Å². The minimum atomic E-state index is -4.68. The molecular weight excluding hydrogens is 559 g/mol. The molecule has 0 aliphatic carbocycles. The number of aromatic nitrogens is 2. The van der Waals surface area contributed by atoms with Crippen molar-refractivity contribution in [3.05, 3.63) is 69.8 Å². The molecule has 6 rings (SSSR count). The van der Waals surface area contributed by atoms with E-state index in [4.69, 9.17) is 0 Å². The van der Waals surface area contributed by atoms with E-state index in [1.807, 2.05) is 23.1 Å². The average Bonchev–Trinajstić information content (AvgIpc) is 3.56. The Balaban J connectivity index is 1.24. The maximum Gasteiger partial charge on any atom is 0.416 e. The zero-order valence-electron chi connectivity index (χ0n) is 21.9. The van der Waals surface area contributed by atoms with Crippen LogP contribution in [0.1, 0.15) is 40.4 Å². The Morgan fingerprint density at radius 3 is 2.68 bits per heavy atom. The number of aliphatic hydroxyl groups excluding tert-OH is 1. The average molecular weight is 586 g/mol. The molecular formula is C28H26F3N5O4S. The topological polar surface area (TPSA) is 111 Å². The molecule has 1 unspecified atom stereocenters. The quantitative estimate of drug-likeness (QED) is 0.477. The zero-order valence-corrected chi connectivity index (χ0v) is 22.7. The Bertz CT molecular complexity index is 1620. The van der Waals surface area contributed by atoms with Gasteiger partial charge in [0.1, 0.15) is 5.84 Å². The second-order valence-corrected chi connectivity index (χ2v) is 11.9. The van der Waals surface area contributed by atoms with Gasteiger partial charge in [0.2, 0.25) is 0 Å². The first-order valence-electron chi connectivity index (χ1n) is 13.0. The van der Waals surface area contributed by atoms with Crippen molar-refractivity contribution in [1.29, 1.82) is 0 Å². The summed E-state index contributed by atoms with van der Waals surface area (Å²) < 4.78 is 43.3. The molecule has 1 aromatic heterocycles. The summed E-state index contributed by atoms with van der Waals surface area (Å²) in [5.74, 6) is -0.0234. The first-order valence-corrected chi connectivity index (χ1v) is 13.8. The summed E-state index contributed by atoms with van der Waals surface area (Å²) in [4.78, 5) is 32.6. The van der Waals surface area contributed by atoms with Crippen LogP contribution in [0.25, 0.3) is 17.0 Å². The molecule has 9 nitrogen and oxygen atoms in total. The van der Waals surface area contributed by atoms with Crippen molar-refractivity contribution in [2.24, 2.45) is 4.99 Å². The molecule has 3 aromatic rings. The Morgan fingerprint density at radius 2 is 2.00 bits per heavy atom. The summed E-state index contributed by atoms with van der Waals surface area (Å²) in [6.45, 7) is 2.75. The second kappa shape index (κ2) is 10.00. The van der Waals surface area contributed by atoms with Crippen molar-refractivity contribution < 1.29 is 33.0 Å². The lowest BCUT2D eigenvalue weighted by Gasteiger charge is -2.36. The maximum absolute atomic E-state index is 14.0. The van der Waals surface area contributed by atoms with E-state index < -0.39 is 29.4 Å². The van der Waals surface area contributed by atoms with Crippen LogP contribution < -0.4 is 0 Å². The Kier molecular flexibility index (Phi) is 6.70. The first-order chi connectivity index (χ1) is 19.3. The fraction of sp³-hybridized carbons (Fsp3) is 0.357. The third kappa shape index (κ3) is 5.61. The Hall–Kier alpha value is -3.68. The van der Waals surface area contributed by atoms with E-state index in [-0.39, 0.29) is 36.0 Å². The fourth-order valence-electron chi connectivity index (χ4n) is 5.26. The molecule has 2 amide bonds. The first kappa shape index (κ1) is 27.5. The summed E-state index contributed by atoms with van der Waals surface area (Å²) in [6, 6.07) is 8.91. The molecule has 2 N–H and O–H groups in total. The van der Waals surface area contributed by atoms with Crippen LogP contribution in [-0.4, -0.2) is 84.7 Å². The maximum atomic E-state index is 14.0. The largest absolute Gasteiger partial charge is 0.416 e. The van der Waals surface area contributed by atoms with E-state index in [1.165, 1.54) is 21.7 Å². The lowest BCUT2D eigenvalue weighted by atomic mass is 10.0. The van der Waals surface area contributed by atoms with Crippen LogP contribution in [-0.2, 0) is 12.7 Å². The van der Waals surface area contributed by atoms with Crippen molar-refractivity contribution in [3.8, 4) is 0 Å². The lowest BCUT2D eigenvalue weighted by molar-refractivity contribution is -0.138. The molecule has 0 saturated carbocycles. The predicted octanol–water partition coefficient (Wildman–Crippen LogP) is 3.98. The van der Waals surface area contributed by atoms with Gasteiger partial charge < -0.3 is 20.0 Å². The molecule has 3 aliphatic rings. The summed E-state index contributed by atoms with van der Waals surface area (Å²) in [5, 5.41) is 24.6. The molecule has 2 aromatic carbocycles. The molecule has 41 heavy (non-hydrogen) atoms. The lowest BCUT2D eigenvalue weighted by Crippen LogP contribution is -2.53. The molecule has 4 heterocycles.